The summed E-state index contributed by atoms with van der Waals surface area (Å²) in [7, 11) is 1.28. The van der Waals surface area contributed by atoms with E-state index in [9.17, 15) is 4.79 Å². The first kappa shape index (κ1) is 12.3. The van der Waals surface area contributed by atoms with E-state index in [1.54, 1.807) is 0 Å². The first-order valence-corrected chi connectivity index (χ1v) is 4.24. The molecule has 0 aliphatic carbocycles. The summed E-state index contributed by atoms with van der Waals surface area (Å²) in [6, 6.07) is -0.629. The van der Waals surface area contributed by atoms with Crippen LogP contribution in [0.1, 0.15) is 19.3 Å². The second-order valence-corrected chi connectivity index (χ2v) is 2.90. The zero-order valence-corrected chi connectivity index (χ0v) is 7.77. The molecule has 0 fully saturated rings. The minimum Gasteiger partial charge on any atom is -0.468 e. The van der Waals surface area contributed by atoms with Crippen molar-refractivity contribution in [2.45, 2.75) is 31.4 Å². The third-order valence-electron chi connectivity index (χ3n) is 1.77. The molecule has 0 aromatic carbocycles. The minimum atomic E-state index is -0.718. The SMILES string of the molecule is COC(=O)C(N)CCCC(O)CO. The van der Waals surface area contributed by atoms with E-state index < -0.39 is 18.1 Å². The van der Waals surface area contributed by atoms with Crippen molar-refractivity contribution < 1.29 is 19.7 Å². The molecule has 78 valence electrons. The van der Waals surface area contributed by atoms with Crippen LogP contribution in [-0.4, -0.2) is 42.0 Å². The summed E-state index contributed by atoms with van der Waals surface area (Å²) in [6.07, 6.45) is 0.785. The first-order chi connectivity index (χ1) is 6.11. The highest BCUT2D eigenvalue weighted by molar-refractivity contribution is 5.75. The van der Waals surface area contributed by atoms with Gasteiger partial charge in [-0.3, -0.25) is 4.79 Å². The second kappa shape index (κ2) is 6.82. The fourth-order valence-electron chi connectivity index (χ4n) is 0.934. The third-order valence-corrected chi connectivity index (χ3v) is 1.77. The van der Waals surface area contributed by atoms with Gasteiger partial charge >= 0.3 is 5.97 Å². The van der Waals surface area contributed by atoms with E-state index in [1.165, 1.54) is 7.11 Å². The summed E-state index contributed by atoms with van der Waals surface area (Å²) in [4.78, 5) is 10.8. The first-order valence-electron chi connectivity index (χ1n) is 4.24. The lowest BCUT2D eigenvalue weighted by Crippen LogP contribution is -2.31. The van der Waals surface area contributed by atoms with Crippen molar-refractivity contribution in [3.63, 3.8) is 0 Å². The van der Waals surface area contributed by atoms with Crippen molar-refractivity contribution in [3.8, 4) is 0 Å². The number of esters is 1. The normalized spacial score (nSPS) is 15.1. The van der Waals surface area contributed by atoms with Crippen LogP contribution in [0.25, 0.3) is 0 Å². The van der Waals surface area contributed by atoms with Crippen molar-refractivity contribution in [1.82, 2.24) is 0 Å². The number of aliphatic hydroxyl groups is 2. The van der Waals surface area contributed by atoms with Gasteiger partial charge in [0.2, 0.25) is 0 Å². The molecule has 0 bridgehead atoms. The van der Waals surface area contributed by atoms with Gasteiger partial charge in [-0.2, -0.15) is 0 Å². The monoisotopic (exact) mass is 191 g/mol. The Bertz CT molecular complexity index is 151. The number of rotatable bonds is 6. The van der Waals surface area contributed by atoms with Gasteiger partial charge in [-0.05, 0) is 19.3 Å². The standard InChI is InChI=1S/C8H17NO4/c1-13-8(12)7(9)4-2-3-6(11)5-10/h6-7,10-11H,2-5,9H2,1H3. The lowest BCUT2D eigenvalue weighted by Gasteiger charge is -2.10. The van der Waals surface area contributed by atoms with Crippen molar-refractivity contribution in [3.05, 3.63) is 0 Å². The van der Waals surface area contributed by atoms with E-state index in [2.05, 4.69) is 4.74 Å². The quantitative estimate of drug-likeness (QED) is 0.469. The smallest absolute Gasteiger partial charge is 0.322 e. The molecule has 0 rings (SSSR count). The molecule has 5 nitrogen and oxygen atoms in total. The lowest BCUT2D eigenvalue weighted by atomic mass is 10.1. The Labute approximate surface area is 77.5 Å². The Morgan fingerprint density at radius 1 is 1.54 bits per heavy atom. The van der Waals surface area contributed by atoms with Crippen LogP contribution in [0.3, 0.4) is 0 Å². The van der Waals surface area contributed by atoms with Gasteiger partial charge in [-0.25, -0.2) is 0 Å². The fourth-order valence-corrected chi connectivity index (χ4v) is 0.934. The molecule has 0 spiro atoms. The molecule has 0 radical (unpaired) electrons. The van der Waals surface area contributed by atoms with E-state index in [4.69, 9.17) is 15.9 Å². The van der Waals surface area contributed by atoms with Crippen LogP contribution >= 0.6 is 0 Å². The lowest BCUT2D eigenvalue weighted by molar-refractivity contribution is -0.142. The zero-order chi connectivity index (χ0) is 10.3. The fraction of sp³-hybridized carbons (Fsp3) is 0.875. The van der Waals surface area contributed by atoms with Crippen LogP contribution in [0.5, 0.6) is 0 Å². The van der Waals surface area contributed by atoms with Crippen LogP contribution < -0.4 is 5.73 Å². The molecule has 0 heterocycles. The number of carbonyl (C=O) groups excluding carboxylic acids is 1. The number of aliphatic hydroxyl groups excluding tert-OH is 2. The van der Waals surface area contributed by atoms with E-state index >= 15 is 0 Å². The number of ether oxygens (including phenoxy) is 1. The Balaban J connectivity index is 3.47. The molecule has 2 atom stereocenters. The molecule has 0 saturated carbocycles. The Hall–Kier alpha value is -0.650. The molecular weight excluding hydrogens is 174 g/mol. The molecule has 0 aliphatic heterocycles. The molecule has 5 heteroatoms. The van der Waals surface area contributed by atoms with Crippen LogP contribution in [0, 0.1) is 0 Å². The van der Waals surface area contributed by atoms with Crippen molar-refractivity contribution >= 4 is 5.97 Å². The maximum atomic E-state index is 10.8. The predicted molar refractivity (Wildman–Crippen MR) is 46.9 cm³/mol. The molecule has 4 N–H and O–H groups in total. The van der Waals surface area contributed by atoms with Crippen molar-refractivity contribution in [2.75, 3.05) is 13.7 Å². The van der Waals surface area contributed by atoms with Crippen molar-refractivity contribution in [1.29, 1.82) is 0 Å². The number of hydrogen-bond acceptors (Lipinski definition) is 5. The Kier molecular flexibility index (Phi) is 6.48. The highest BCUT2D eigenvalue weighted by atomic mass is 16.5. The summed E-state index contributed by atoms with van der Waals surface area (Å²) in [6.45, 7) is -0.256. The van der Waals surface area contributed by atoms with Gasteiger partial charge in [-0.15, -0.1) is 0 Å². The highest BCUT2D eigenvalue weighted by Gasteiger charge is 2.13. The van der Waals surface area contributed by atoms with Gasteiger partial charge in [-0.1, -0.05) is 0 Å². The van der Waals surface area contributed by atoms with Gasteiger partial charge in [0.05, 0.1) is 19.8 Å². The molecule has 0 aromatic rings. The van der Waals surface area contributed by atoms with Crippen molar-refractivity contribution in [2.24, 2.45) is 5.73 Å². The van der Waals surface area contributed by atoms with Gasteiger partial charge in [0.15, 0.2) is 0 Å². The minimum absolute atomic E-state index is 0.256. The topological polar surface area (TPSA) is 92.8 Å². The second-order valence-electron chi connectivity index (χ2n) is 2.90. The highest BCUT2D eigenvalue weighted by Crippen LogP contribution is 2.03. The molecule has 0 aromatic heterocycles. The number of methoxy groups -OCH3 is 1. The molecule has 0 aliphatic rings. The molecule has 0 amide bonds. The van der Waals surface area contributed by atoms with E-state index in [0.717, 1.165) is 0 Å². The third kappa shape index (κ3) is 5.57. The zero-order valence-electron chi connectivity index (χ0n) is 7.77. The van der Waals surface area contributed by atoms with Gasteiger partial charge in [0, 0.05) is 0 Å². The molecular formula is C8H17NO4. The number of hydrogen-bond donors (Lipinski definition) is 3. The van der Waals surface area contributed by atoms with Gasteiger partial charge in [0.25, 0.3) is 0 Å². The van der Waals surface area contributed by atoms with Gasteiger partial charge < -0.3 is 20.7 Å². The number of carbonyl (C=O) groups is 1. The summed E-state index contributed by atoms with van der Waals surface area (Å²) >= 11 is 0. The van der Waals surface area contributed by atoms with Crippen LogP contribution in [0.15, 0.2) is 0 Å². The van der Waals surface area contributed by atoms with Crippen LogP contribution in [0.2, 0.25) is 0 Å². The van der Waals surface area contributed by atoms with E-state index in [1.807, 2.05) is 0 Å². The van der Waals surface area contributed by atoms with E-state index in [0.29, 0.717) is 19.3 Å². The predicted octanol–water partition coefficient (Wildman–Crippen LogP) is -0.990. The summed E-state index contributed by atoms with van der Waals surface area (Å²) in [5, 5.41) is 17.4. The average molecular weight is 191 g/mol. The summed E-state index contributed by atoms with van der Waals surface area (Å²) < 4.78 is 4.42. The summed E-state index contributed by atoms with van der Waals surface area (Å²) in [5.41, 5.74) is 5.44. The maximum absolute atomic E-state index is 10.8. The maximum Gasteiger partial charge on any atom is 0.322 e. The Morgan fingerprint density at radius 2 is 2.15 bits per heavy atom. The van der Waals surface area contributed by atoms with Crippen LogP contribution in [-0.2, 0) is 9.53 Å². The Morgan fingerprint density at radius 3 is 2.62 bits per heavy atom. The van der Waals surface area contributed by atoms with E-state index in [-0.39, 0.29) is 6.61 Å². The van der Waals surface area contributed by atoms with Gasteiger partial charge in [0.1, 0.15) is 6.04 Å². The molecule has 0 saturated heterocycles. The molecule has 13 heavy (non-hydrogen) atoms. The largest absolute Gasteiger partial charge is 0.468 e. The average Bonchev–Trinajstić information content (AvgIpc) is 2.15. The number of nitrogens with two attached hydrogens (primary N) is 1. The molecule has 2 unspecified atom stereocenters. The summed E-state index contributed by atoms with van der Waals surface area (Å²) in [5.74, 6) is -0.446. The van der Waals surface area contributed by atoms with Crippen LogP contribution in [0.4, 0.5) is 0 Å².